The number of aromatic nitrogens is 3. The number of carbonyl (C=O) groups is 1. The summed E-state index contributed by atoms with van der Waals surface area (Å²) in [4.78, 5) is 21.8. The zero-order chi connectivity index (χ0) is 25.8. The summed E-state index contributed by atoms with van der Waals surface area (Å²) in [7, 11) is 0. The first kappa shape index (κ1) is 25.3. The van der Waals surface area contributed by atoms with Gasteiger partial charge in [-0.25, -0.2) is 8.78 Å². The van der Waals surface area contributed by atoms with Crippen LogP contribution in [0, 0.1) is 11.8 Å². The topological polar surface area (TPSA) is 77.1 Å². The van der Waals surface area contributed by atoms with Crippen molar-refractivity contribution in [3.63, 3.8) is 0 Å². The first-order chi connectivity index (χ1) is 17.9. The van der Waals surface area contributed by atoms with Crippen molar-refractivity contribution in [3.8, 4) is 23.0 Å². The maximum Gasteiger partial charge on any atom is 0.272 e. The maximum absolute atomic E-state index is 13.5. The van der Waals surface area contributed by atoms with E-state index in [1.807, 2.05) is 36.1 Å². The van der Waals surface area contributed by atoms with Gasteiger partial charge in [0.05, 0.1) is 12.1 Å². The summed E-state index contributed by atoms with van der Waals surface area (Å²) in [6, 6.07) is 8.00. The third-order valence-electron chi connectivity index (χ3n) is 7.30. The van der Waals surface area contributed by atoms with Crippen molar-refractivity contribution in [2.45, 2.75) is 51.1 Å². The van der Waals surface area contributed by atoms with Crippen LogP contribution >= 0.6 is 0 Å². The van der Waals surface area contributed by atoms with Gasteiger partial charge in [-0.1, -0.05) is 12.0 Å². The molecule has 1 aromatic carbocycles. The summed E-state index contributed by atoms with van der Waals surface area (Å²) in [5, 5.41) is 11.2. The van der Waals surface area contributed by atoms with Gasteiger partial charge in [-0.15, -0.1) is 5.92 Å². The van der Waals surface area contributed by atoms with Gasteiger partial charge in [-0.2, -0.15) is 5.10 Å². The summed E-state index contributed by atoms with van der Waals surface area (Å²) >= 11 is 0. The highest BCUT2D eigenvalue weighted by atomic mass is 19.3. The Morgan fingerprint density at radius 2 is 1.89 bits per heavy atom. The Labute approximate surface area is 215 Å². The lowest BCUT2D eigenvalue weighted by atomic mass is 10.0. The molecule has 0 aliphatic carbocycles. The number of likely N-dealkylation sites (tertiary alicyclic amines) is 2. The highest BCUT2D eigenvalue weighted by Gasteiger charge is 2.33. The number of hydrogen-bond acceptors (Lipinski definition) is 5. The van der Waals surface area contributed by atoms with Crippen molar-refractivity contribution in [1.29, 1.82) is 0 Å². The van der Waals surface area contributed by atoms with E-state index in [0.717, 1.165) is 60.1 Å². The van der Waals surface area contributed by atoms with Crippen LogP contribution in [0.4, 0.5) is 8.78 Å². The largest absolute Gasteiger partial charge is 0.348 e. The van der Waals surface area contributed by atoms with Gasteiger partial charge in [-0.05, 0) is 49.1 Å². The molecule has 2 aromatic heterocycles. The minimum absolute atomic E-state index is 0.102. The molecule has 2 aliphatic heterocycles. The first-order valence-corrected chi connectivity index (χ1v) is 12.9. The molecular weight excluding hydrogens is 474 g/mol. The molecule has 3 aromatic rings. The Morgan fingerprint density at radius 1 is 1.11 bits per heavy atom. The number of piperidine rings is 2. The Balaban J connectivity index is 1.27. The number of amides is 1. The fourth-order valence-corrected chi connectivity index (χ4v) is 5.08. The fraction of sp³-hybridized carbons (Fsp3) is 0.464. The first-order valence-electron chi connectivity index (χ1n) is 12.9. The van der Waals surface area contributed by atoms with Crippen LogP contribution in [0.15, 0.2) is 36.7 Å². The van der Waals surface area contributed by atoms with Gasteiger partial charge < -0.3 is 5.32 Å². The van der Waals surface area contributed by atoms with Gasteiger partial charge in [-0.3, -0.25) is 24.7 Å². The van der Waals surface area contributed by atoms with Crippen LogP contribution < -0.4 is 5.32 Å². The van der Waals surface area contributed by atoms with Crippen molar-refractivity contribution in [1.82, 2.24) is 30.3 Å². The van der Waals surface area contributed by atoms with Crippen molar-refractivity contribution in [2.24, 2.45) is 0 Å². The molecule has 4 heterocycles. The number of hydrogen-bond donors (Lipinski definition) is 2. The minimum atomic E-state index is -2.55. The SMILES string of the molecule is CC#CCN1CCC(NC(=O)c2n[nH]c3ccc(-c4cncc(CN5CCC(F)(F)CC5)c4)cc23)CC1. The molecule has 0 spiro atoms. The third kappa shape index (κ3) is 6.14. The molecule has 0 saturated carbocycles. The third-order valence-corrected chi connectivity index (χ3v) is 7.30. The second kappa shape index (κ2) is 11.0. The summed E-state index contributed by atoms with van der Waals surface area (Å²) < 4.78 is 27.0. The van der Waals surface area contributed by atoms with Gasteiger partial charge in [0, 0.05) is 75.0 Å². The molecule has 194 valence electrons. The summed E-state index contributed by atoms with van der Waals surface area (Å²) in [6.45, 7) is 5.78. The van der Waals surface area contributed by atoms with Gasteiger partial charge in [0.25, 0.3) is 11.8 Å². The van der Waals surface area contributed by atoms with E-state index in [0.29, 0.717) is 25.3 Å². The van der Waals surface area contributed by atoms with Gasteiger partial charge in [0.15, 0.2) is 5.69 Å². The monoisotopic (exact) mass is 506 g/mol. The molecule has 37 heavy (non-hydrogen) atoms. The van der Waals surface area contributed by atoms with Gasteiger partial charge >= 0.3 is 0 Å². The zero-order valence-corrected chi connectivity index (χ0v) is 21.1. The van der Waals surface area contributed by atoms with Gasteiger partial charge in [0.1, 0.15) is 0 Å². The Kier molecular flexibility index (Phi) is 7.49. The van der Waals surface area contributed by atoms with E-state index >= 15 is 0 Å². The highest BCUT2D eigenvalue weighted by molar-refractivity contribution is 6.05. The van der Waals surface area contributed by atoms with Crippen LogP contribution in [0.1, 0.15) is 48.7 Å². The predicted octanol–water partition coefficient (Wildman–Crippen LogP) is 4.07. The highest BCUT2D eigenvalue weighted by Crippen LogP contribution is 2.29. The number of carbonyl (C=O) groups excluding carboxylic acids is 1. The van der Waals surface area contributed by atoms with E-state index in [2.05, 4.69) is 37.2 Å². The number of halogens is 2. The molecule has 2 saturated heterocycles. The maximum atomic E-state index is 13.5. The zero-order valence-electron chi connectivity index (χ0n) is 21.1. The predicted molar refractivity (Wildman–Crippen MR) is 139 cm³/mol. The second-order valence-electron chi connectivity index (χ2n) is 10.00. The molecule has 0 atom stereocenters. The molecule has 2 fully saturated rings. The number of H-pyrrole nitrogens is 1. The van der Waals surface area contributed by atoms with E-state index < -0.39 is 5.92 Å². The van der Waals surface area contributed by atoms with Crippen LogP contribution in [-0.4, -0.2) is 75.6 Å². The van der Waals surface area contributed by atoms with E-state index in [1.165, 1.54) is 0 Å². The Bertz CT molecular complexity index is 1310. The lowest BCUT2D eigenvalue weighted by Gasteiger charge is -2.31. The smallest absolute Gasteiger partial charge is 0.272 e. The van der Waals surface area contributed by atoms with E-state index in [4.69, 9.17) is 0 Å². The molecule has 9 heteroatoms. The Hall–Kier alpha value is -3.35. The molecule has 2 aliphatic rings. The average molecular weight is 507 g/mol. The van der Waals surface area contributed by atoms with Crippen LogP contribution in [0.2, 0.25) is 0 Å². The lowest BCUT2D eigenvalue weighted by molar-refractivity contribution is -0.0566. The molecule has 7 nitrogen and oxygen atoms in total. The summed E-state index contributed by atoms with van der Waals surface area (Å²) in [5.41, 5.74) is 3.99. The normalized spacial score (nSPS) is 18.9. The van der Waals surface area contributed by atoms with E-state index in [9.17, 15) is 13.6 Å². The molecule has 2 N–H and O–H groups in total. The van der Waals surface area contributed by atoms with Crippen molar-refractivity contribution in [3.05, 3.63) is 47.9 Å². The quantitative estimate of drug-likeness (QED) is 0.493. The van der Waals surface area contributed by atoms with Crippen molar-refractivity contribution < 1.29 is 13.6 Å². The minimum Gasteiger partial charge on any atom is -0.348 e. The van der Waals surface area contributed by atoms with Crippen LogP contribution in [0.25, 0.3) is 22.0 Å². The van der Waals surface area contributed by atoms with Crippen molar-refractivity contribution >= 4 is 16.8 Å². The van der Waals surface area contributed by atoms with Crippen molar-refractivity contribution in [2.75, 3.05) is 32.7 Å². The summed E-state index contributed by atoms with van der Waals surface area (Å²) in [6.07, 6.45) is 5.14. The summed E-state index contributed by atoms with van der Waals surface area (Å²) in [5.74, 6) is 3.30. The van der Waals surface area contributed by atoms with Crippen LogP contribution in [0.5, 0.6) is 0 Å². The number of nitrogens with one attached hydrogen (secondary N) is 2. The number of aromatic amines is 1. The number of nitrogens with zero attached hydrogens (tertiary/aromatic N) is 4. The standard InChI is InChI=1S/C28H32F2N6O/c1-2-3-10-35-11-6-23(7-12-35)32-27(37)26-24-16-21(4-5-25(24)33-34-26)22-15-20(17-31-18-22)19-36-13-8-28(29,30)9-14-36/h4-5,15-18,23H,6-14,19H2,1H3,(H,32,37)(H,33,34). The Morgan fingerprint density at radius 3 is 2.65 bits per heavy atom. The fourth-order valence-electron chi connectivity index (χ4n) is 5.08. The second-order valence-corrected chi connectivity index (χ2v) is 10.00. The molecule has 1 amide bonds. The number of fused-ring (bicyclic) bond motifs is 1. The molecule has 0 radical (unpaired) electrons. The molecule has 5 rings (SSSR count). The number of pyridine rings is 1. The molecular formula is C28H32F2N6O. The number of alkyl halides is 2. The average Bonchev–Trinajstić information content (AvgIpc) is 3.33. The van der Waals surface area contributed by atoms with Gasteiger partial charge in [0.2, 0.25) is 0 Å². The van der Waals surface area contributed by atoms with E-state index in [-0.39, 0.29) is 24.8 Å². The van der Waals surface area contributed by atoms with Crippen LogP contribution in [0.3, 0.4) is 0 Å². The lowest BCUT2D eigenvalue weighted by Crippen LogP contribution is -2.44. The molecule has 0 unspecified atom stereocenters. The van der Waals surface area contributed by atoms with E-state index in [1.54, 1.807) is 12.4 Å². The number of rotatable bonds is 6. The number of benzene rings is 1. The van der Waals surface area contributed by atoms with Crippen LogP contribution in [-0.2, 0) is 6.54 Å². The molecule has 0 bridgehead atoms.